The molecule has 36 heavy (non-hydrogen) atoms. The number of anilines is 1. The van der Waals surface area contributed by atoms with Crippen LogP contribution >= 0.6 is 0 Å². The summed E-state index contributed by atoms with van der Waals surface area (Å²) in [5.74, 6) is 0.636. The number of benzene rings is 2. The minimum atomic E-state index is -0.465. The van der Waals surface area contributed by atoms with Gasteiger partial charge < -0.3 is 25.3 Å². The Morgan fingerprint density at radius 3 is 2.83 bits per heavy atom. The molecule has 3 heterocycles. The molecule has 2 aromatic carbocycles. The third-order valence-electron chi connectivity index (χ3n) is 7.58. The Balaban J connectivity index is 1.51. The number of fused-ring (bicyclic) bond motifs is 2. The highest BCUT2D eigenvalue weighted by molar-refractivity contribution is 6.12. The topological polar surface area (TPSA) is 99.8 Å². The third-order valence-corrected chi connectivity index (χ3v) is 7.58. The van der Waals surface area contributed by atoms with E-state index in [0.29, 0.717) is 22.9 Å². The van der Waals surface area contributed by atoms with Crippen LogP contribution in [0.5, 0.6) is 0 Å². The zero-order valence-corrected chi connectivity index (χ0v) is 21.5. The van der Waals surface area contributed by atoms with Crippen molar-refractivity contribution >= 4 is 34.5 Å². The van der Waals surface area contributed by atoms with Crippen LogP contribution in [0.15, 0.2) is 35.6 Å². The number of aromatic nitrogens is 2. The predicted octanol–water partition coefficient (Wildman–Crippen LogP) is 4.02. The molecule has 0 aliphatic carbocycles. The van der Waals surface area contributed by atoms with E-state index in [1.807, 2.05) is 27.2 Å². The van der Waals surface area contributed by atoms with Gasteiger partial charge in [0.1, 0.15) is 0 Å². The van der Waals surface area contributed by atoms with Crippen molar-refractivity contribution in [2.45, 2.75) is 25.7 Å². The summed E-state index contributed by atoms with van der Waals surface area (Å²) in [6.07, 6.45) is 8.24. The van der Waals surface area contributed by atoms with E-state index in [0.717, 1.165) is 73.6 Å². The Morgan fingerprint density at radius 2 is 2.03 bits per heavy atom. The number of aliphatic imine (C=N–C) groups is 1. The molecule has 8 heteroatoms. The van der Waals surface area contributed by atoms with Crippen LogP contribution in [0.2, 0.25) is 0 Å². The number of nitrogens with zero attached hydrogens (tertiary/aromatic N) is 4. The van der Waals surface area contributed by atoms with Crippen molar-refractivity contribution in [2.75, 3.05) is 52.3 Å². The Bertz CT molecular complexity index is 1270. The van der Waals surface area contributed by atoms with Gasteiger partial charge in [0.05, 0.1) is 34.3 Å². The quantitative estimate of drug-likeness (QED) is 0.523. The monoisotopic (exact) mass is 488 g/mol. The number of hydrogen-bond donors (Lipinski definition) is 2. The number of aromatic amines is 1. The van der Waals surface area contributed by atoms with E-state index in [4.69, 9.17) is 15.5 Å². The first kappa shape index (κ1) is 24.5. The van der Waals surface area contributed by atoms with Crippen LogP contribution in [0.1, 0.15) is 35.2 Å². The molecule has 1 amide bonds. The third kappa shape index (κ3) is 4.88. The maximum atomic E-state index is 12.5. The molecule has 3 aromatic rings. The number of nitrogens with two attached hydrogens (primary N) is 1. The Morgan fingerprint density at radius 1 is 1.17 bits per heavy atom. The van der Waals surface area contributed by atoms with Gasteiger partial charge in [0.25, 0.3) is 5.91 Å². The van der Waals surface area contributed by atoms with Gasteiger partial charge >= 0.3 is 0 Å². The molecule has 1 fully saturated rings. The van der Waals surface area contributed by atoms with Gasteiger partial charge in [-0.1, -0.05) is 12.1 Å². The summed E-state index contributed by atoms with van der Waals surface area (Å²) in [6, 6.07) is 8.55. The summed E-state index contributed by atoms with van der Waals surface area (Å²) in [5.41, 5.74) is 12.8. The highest BCUT2D eigenvalue weighted by Crippen LogP contribution is 2.39. The normalized spacial score (nSPS) is 19.9. The number of likely N-dealkylation sites (N-methyl/N-ethyl adjacent to an activating group) is 2. The maximum absolute atomic E-state index is 12.5. The molecule has 5 rings (SSSR count). The Labute approximate surface area is 212 Å². The van der Waals surface area contributed by atoms with Gasteiger partial charge in [0, 0.05) is 51.0 Å². The highest BCUT2D eigenvalue weighted by atomic mass is 16.5. The van der Waals surface area contributed by atoms with E-state index in [2.05, 4.69) is 44.2 Å². The van der Waals surface area contributed by atoms with Gasteiger partial charge in [-0.2, -0.15) is 0 Å². The van der Waals surface area contributed by atoms with Crippen LogP contribution in [0, 0.1) is 11.8 Å². The predicted molar refractivity (Wildman–Crippen MR) is 145 cm³/mol. The molecule has 2 atom stereocenters. The molecule has 1 aromatic heterocycles. The zero-order valence-electron chi connectivity index (χ0n) is 21.5. The van der Waals surface area contributed by atoms with Gasteiger partial charge in [0.15, 0.2) is 0 Å². The first-order valence-electron chi connectivity index (χ1n) is 12.8. The average molecular weight is 489 g/mol. The number of rotatable bonds is 7. The van der Waals surface area contributed by atoms with Gasteiger partial charge in [-0.25, -0.2) is 4.98 Å². The summed E-state index contributed by atoms with van der Waals surface area (Å²) < 4.78 is 5.67. The molecule has 2 aliphatic rings. The fourth-order valence-electron chi connectivity index (χ4n) is 5.49. The van der Waals surface area contributed by atoms with Crippen molar-refractivity contribution in [3.05, 3.63) is 41.7 Å². The number of primary amides is 1. The molecule has 2 aliphatic heterocycles. The lowest BCUT2D eigenvalue weighted by Crippen LogP contribution is -2.30. The van der Waals surface area contributed by atoms with Crippen molar-refractivity contribution < 1.29 is 9.53 Å². The number of carbonyl (C=O) groups is 1. The van der Waals surface area contributed by atoms with Crippen molar-refractivity contribution in [3.8, 4) is 11.1 Å². The van der Waals surface area contributed by atoms with Gasteiger partial charge in [-0.05, 0) is 69.0 Å². The van der Waals surface area contributed by atoms with E-state index in [-0.39, 0.29) is 0 Å². The number of ether oxygens (including phenoxy) is 1. The van der Waals surface area contributed by atoms with E-state index >= 15 is 0 Å². The van der Waals surface area contributed by atoms with Crippen LogP contribution in [0.25, 0.3) is 22.2 Å². The first-order valence-corrected chi connectivity index (χ1v) is 12.8. The lowest BCUT2D eigenvalue weighted by Gasteiger charge is -2.26. The fourth-order valence-corrected chi connectivity index (χ4v) is 5.49. The smallest absolute Gasteiger partial charge is 0.253 e. The fraction of sp³-hybridized carbons (Fsp3) is 0.464. The summed E-state index contributed by atoms with van der Waals surface area (Å²) in [4.78, 5) is 29.3. The largest absolute Gasteiger partial charge is 0.381 e. The van der Waals surface area contributed by atoms with Crippen LogP contribution in [0.3, 0.4) is 0 Å². The zero-order chi connectivity index (χ0) is 25.2. The minimum absolute atomic E-state index is 0.465. The molecule has 2 unspecified atom stereocenters. The second-order valence-corrected chi connectivity index (χ2v) is 10.3. The standard InChI is InChI=1S/C28H36N6O2/c1-33(2)9-10-34(3)24-15-22(26-27(32-17-31-26)25(24)28(29)35)19-6-7-20-13-21(16-30-23(20)14-19)18-5-4-11-36-12-8-18/h6-7,14-18,21H,4-5,8-13H2,1-3H3,(H2,29,35)(H,31,32). The molecule has 0 radical (unpaired) electrons. The molecule has 0 spiro atoms. The number of imidazole rings is 1. The lowest BCUT2D eigenvalue weighted by molar-refractivity contribution is 0.100. The van der Waals surface area contributed by atoms with Crippen LogP contribution in [0.4, 0.5) is 11.4 Å². The SMILES string of the molecule is CN(C)CCN(C)c1cc(-c2ccc3c(c2)N=CC(C2CCCOCC2)C3)c2nc[nH]c2c1C(N)=O. The minimum Gasteiger partial charge on any atom is -0.381 e. The van der Waals surface area contributed by atoms with Crippen molar-refractivity contribution in [1.29, 1.82) is 0 Å². The molecule has 3 N–H and O–H groups in total. The molecule has 190 valence electrons. The summed E-state index contributed by atoms with van der Waals surface area (Å²) in [5, 5.41) is 0. The van der Waals surface area contributed by atoms with Gasteiger partial charge in [-0.3, -0.25) is 9.79 Å². The maximum Gasteiger partial charge on any atom is 0.253 e. The van der Waals surface area contributed by atoms with Crippen molar-refractivity contribution in [2.24, 2.45) is 22.6 Å². The van der Waals surface area contributed by atoms with E-state index in [1.165, 1.54) is 12.0 Å². The van der Waals surface area contributed by atoms with Crippen LogP contribution in [-0.2, 0) is 11.2 Å². The molecular formula is C28H36N6O2. The van der Waals surface area contributed by atoms with E-state index < -0.39 is 5.91 Å². The molecule has 8 nitrogen and oxygen atoms in total. The second kappa shape index (κ2) is 10.4. The molecular weight excluding hydrogens is 452 g/mol. The Hall–Kier alpha value is -3.23. The molecule has 1 saturated heterocycles. The Kier molecular flexibility index (Phi) is 7.07. The van der Waals surface area contributed by atoms with E-state index in [9.17, 15) is 4.79 Å². The number of carbonyl (C=O) groups excluding carboxylic acids is 1. The number of H-pyrrole nitrogens is 1. The van der Waals surface area contributed by atoms with Crippen LogP contribution in [-0.4, -0.2) is 74.4 Å². The van der Waals surface area contributed by atoms with Gasteiger partial charge in [0.2, 0.25) is 0 Å². The first-order chi connectivity index (χ1) is 17.4. The van der Waals surface area contributed by atoms with Crippen molar-refractivity contribution in [1.82, 2.24) is 14.9 Å². The number of hydrogen-bond acceptors (Lipinski definition) is 6. The molecule has 0 saturated carbocycles. The van der Waals surface area contributed by atoms with Gasteiger partial charge in [-0.15, -0.1) is 0 Å². The summed E-state index contributed by atoms with van der Waals surface area (Å²) >= 11 is 0. The summed E-state index contributed by atoms with van der Waals surface area (Å²) in [7, 11) is 6.06. The summed E-state index contributed by atoms with van der Waals surface area (Å²) in [6.45, 7) is 3.34. The highest BCUT2D eigenvalue weighted by Gasteiger charge is 2.26. The van der Waals surface area contributed by atoms with Crippen LogP contribution < -0.4 is 10.6 Å². The van der Waals surface area contributed by atoms with E-state index in [1.54, 1.807) is 6.33 Å². The average Bonchev–Trinajstić information content (AvgIpc) is 3.19. The molecule has 0 bridgehead atoms. The second-order valence-electron chi connectivity index (χ2n) is 10.3. The lowest BCUT2D eigenvalue weighted by atomic mass is 9.81. The van der Waals surface area contributed by atoms with Crippen molar-refractivity contribution in [3.63, 3.8) is 0 Å². The number of amides is 1. The number of nitrogens with one attached hydrogen (secondary N) is 1.